The molecule has 1 aliphatic heterocycles. The van der Waals surface area contributed by atoms with Gasteiger partial charge < -0.3 is 10.1 Å². The van der Waals surface area contributed by atoms with E-state index < -0.39 is 5.72 Å². The molecule has 1 saturated carbocycles. The van der Waals surface area contributed by atoms with Crippen molar-refractivity contribution in [1.29, 1.82) is 0 Å². The molecule has 0 saturated heterocycles. The van der Waals surface area contributed by atoms with Crippen LogP contribution in [0.1, 0.15) is 37.8 Å². The van der Waals surface area contributed by atoms with E-state index in [9.17, 15) is 4.79 Å². The molecule has 1 unspecified atom stereocenters. The largest absolute Gasteiger partial charge is 0.350 e. The van der Waals surface area contributed by atoms with Crippen LogP contribution in [0, 0.1) is 12.8 Å². The summed E-state index contributed by atoms with van der Waals surface area (Å²) in [5.74, 6) is 1.59. The molecule has 166 valence electrons. The Morgan fingerprint density at radius 2 is 1.94 bits per heavy atom. The lowest BCUT2D eigenvalue weighted by molar-refractivity contribution is -0.145. The summed E-state index contributed by atoms with van der Waals surface area (Å²) in [5, 5.41) is 10.00. The van der Waals surface area contributed by atoms with Crippen LogP contribution in [0.5, 0.6) is 0 Å². The number of carbonyl (C=O) groups excluding carboxylic acids is 1. The SMILES string of the molecule is COC1(C2CCCCC2)Nc2ncc(-c3ccc(-c4ncn[nH]4)nc3C)nc2N(C)C1=O. The first-order valence-corrected chi connectivity index (χ1v) is 10.9. The topological polar surface area (TPSA) is 122 Å². The molecule has 0 bridgehead atoms. The van der Waals surface area contributed by atoms with Gasteiger partial charge >= 0.3 is 0 Å². The molecule has 5 rings (SSSR count). The number of fused-ring (bicyclic) bond motifs is 1. The van der Waals surface area contributed by atoms with Gasteiger partial charge in [-0.15, -0.1) is 0 Å². The maximum absolute atomic E-state index is 13.5. The Bertz CT molecular complexity index is 1140. The van der Waals surface area contributed by atoms with Gasteiger partial charge in [0, 0.05) is 31.3 Å². The van der Waals surface area contributed by atoms with E-state index >= 15 is 0 Å². The van der Waals surface area contributed by atoms with Crippen LogP contribution < -0.4 is 10.2 Å². The molecule has 10 heteroatoms. The average Bonchev–Trinajstić information content (AvgIpc) is 3.37. The zero-order valence-electron chi connectivity index (χ0n) is 18.4. The number of aryl methyl sites for hydroxylation is 1. The Hall–Kier alpha value is -3.40. The first-order valence-electron chi connectivity index (χ1n) is 10.9. The van der Waals surface area contributed by atoms with Gasteiger partial charge in [-0.25, -0.2) is 19.9 Å². The number of aromatic nitrogens is 6. The zero-order chi connectivity index (χ0) is 22.3. The van der Waals surface area contributed by atoms with Crippen molar-refractivity contribution in [1.82, 2.24) is 30.1 Å². The molecule has 0 aromatic carbocycles. The molecule has 2 aliphatic rings. The van der Waals surface area contributed by atoms with Gasteiger partial charge in [0.1, 0.15) is 12.0 Å². The zero-order valence-corrected chi connectivity index (χ0v) is 18.4. The summed E-state index contributed by atoms with van der Waals surface area (Å²) in [6, 6.07) is 3.78. The standard InChI is InChI=1S/C22H26N8O2/c1-13-15(9-10-16(26-13)18-24-12-25-29-18)17-11-23-19-20(27-17)30(2)21(31)22(28-19,32-3)14-7-5-4-6-8-14/h9-12,14H,4-8H2,1-3H3,(H,23,28)(H,24,25,29). The van der Waals surface area contributed by atoms with Crippen LogP contribution in [0.3, 0.4) is 0 Å². The monoisotopic (exact) mass is 434 g/mol. The van der Waals surface area contributed by atoms with Crippen molar-refractivity contribution in [2.75, 3.05) is 24.4 Å². The number of H-pyrrole nitrogens is 1. The summed E-state index contributed by atoms with van der Waals surface area (Å²) in [5.41, 5.74) is 1.84. The fourth-order valence-corrected chi connectivity index (χ4v) is 4.79. The van der Waals surface area contributed by atoms with E-state index in [1.807, 2.05) is 19.1 Å². The summed E-state index contributed by atoms with van der Waals surface area (Å²) < 4.78 is 5.85. The highest BCUT2D eigenvalue weighted by Gasteiger charge is 2.52. The molecule has 4 heterocycles. The molecule has 1 fully saturated rings. The highest BCUT2D eigenvalue weighted by molar-refractivity contribution is 6.05. The third-order valence-electron chi connectivity index (χ3n) is 6.52. The average molecular weight is 435 g/mol. The predicted molar refractivity (Wildman–Crippen MR) is 119 cm³/mol. The summed E-state index contributed by atoms with van der Waals surface area (Å²) in [4.78, 5) is 33.2. The lowest BCUT2D eigenvalue weighted by atomic mass is 9.80. The van der Waals surface area contributed by atoms with Gasteiger partial charge in [0.25, 0.3) is 5.91 Å². The number of nitrogens with one attached hydrogen (secondary N) is 2. The van der Waals surface area contributed by atoms with Crippen molar-refractivity contribution in [3.63, 3.8) is 0 Å². The number of aromatic amines is 1. The Morgan fingerprint density at radius 1 is 1.12 bits per heavy atom. The van der Waals surface area contributed by atoms with Crippen molar-refractivity contribution >= 4 is 17.5 Å². The molecule has 1 amide bonds. The first kappa shape index (κ1) is 20.5. The molecule has 1 atom stereocenters. The van der Waals surface area contributed by atoms with Crippen LogP contribution in [0.25, 0.3) is 22.8 Å². The normalized spacial score (nSPS) is 21.3. The number of methoxy groups -OCH3 is 1. The highest BCUT2D eigenvalue weighted by atomic mass is 16.5. The maximum atomic E-state index is 13.5. The number of ether oxygens (including phenoxy) is 1. The molecule has 3 aromatic rings. The van der Waals surface area contributed by atoms with E-state index in [0.29, 0.717) is 28.8 Å². The Labute approximate surface area is 185 Å². The van der Waals surface area contributed by atoms with Gasteiger partial charge in [-0.3, -0.25) is 14.8 Å². The van der Waals surface area contributed by atoms with Crippen LogP contribution in [-0.4, -0.2) is 55.9 Å². The number of rotatable bonds is 4. The number of nitrogens with zero attached hydrogens (tertiary/aromatic N) is 6. The highest BCUT2D eigenvalue weighted by Crippen LogP contribution is 2.42. The second kappa shape index (κ2) is 7.94. The first-order chi connectivity index (χ1) is 15.5. The third-order valence-corrected chi connectivity index (χ3v) is 6.52. The molecule has 3 aromatic heterocycles. The Morgan fingerprint density at radius 3 is 2.62 bits per heavy atom. The number of likely N-dealkylation sites (N-methyl/N-ethyl adjacent to an activating group) is 1. The number of amides is 1. The van der Waals surface area contributed by atoms with Crippen molar-refractivity contribution in [2.45, 2.75) is 44.8 Å². The van der Waals surface area contributed by atoms with Crippen molar-refractivity contribution in [3.05, 3.63) is 30.4 Å². The van der Waals surface area contributed by atoms with Crippen LogP contribution in [0.2, 0.25) is 0 Å². The number of pyridine rings is 1. The van der Waals surface area contributed by atoms with Crippen molar-refractivity contribution in [3.8, 4) is 22.8 Å². The number of carbonyl (C=O) groups is 1. The van der Waals surface area contributed by atoms with Gasteiger partial charge in [0.15, 0.2) is 17.5 Å². The molecular formula is C22H26N8O2. The lowest BCUT2D eigenvalue weighted by Crippen LogP contribution is -2.62. The molecule has 2 N–H and O–H groups in total. The molecule has 32 heavy (non-hydrogen) atoms. The van der Waals surface area contributed by atoms with E-state index in [2.05, 4.69) is 30.5 Å². The fraction of sp³-hybridized carbons (Fsp3) is 0.455. The van der Waals surface area contributed by atoms with Crippen LogP contribution in [-0.2, 0) is 9.53 Å². The smallest absolute Gasteiger partial charge is 0.281 e. The molecule has 0 spiro atoms. The summed E-state index contributed by atoms with van der Waals surface area (Å²) in [6.45, 7) is 1.91. The summed E-state index contributed by atoms with van der Waals surface area (Å²) in [6.07, 6.45) is 8.44. The van der Waals surface area contributed by atoms with E-state index in [0.717, 1.165) is 36.9 Å². The van der Waals surface area contributed by atoms with Gasteiger partial charge in [0.2, 0.25) is 5.72 Å². The molecule has 0 radical (unpaired) electrons. The lowest BCUT2D eigenvalue weighted by Gasteiger charge is -2.45. The van der Waals surface area contributed by atoms with Gasteiger partial charge in [-0.05, 0) is 31.9 Å². The fourth-order valence-electron chi connectivity index (χ4n) is 4.79. The second-order valence-corrected chi connectivity index (χ2v) is 8.35. The summed E-state index contributed by atoms with van der Waals surface area (Å²) in [7, 11) is 3.32. The second-order valence-electron chi connectivity index (χ2n) is 8.35. The summed E-state index contributed by atoms with van der Waals surface area (Å²) >= 11 is 0. The van der Waals surface area contributed by atoms with Crippen LogP contribution in [0.15, 0.2) is 24.7 Å². The molecular weight excluding hydrogens is 408 g/mol. The van der Waals surface area contributed by atoms with Gasteiger partial charge in [-0.1, -0.05) is 19.3 Å². The minimum Gasteiger partial charge on any atom is -0.350 e. The van der Waals surface area contributed by atoms with Crippen LogP contribution in [0.4, 0.5) is 11.6 Å². The number of hydrogen-bond donors (Lipinski definition) is 2. The number of hydrogen-bond acceptors (Lipinski definition) is 8. The Balaban J connectivity index is 1.50. The molecule has 1 aliphatic carbocycles. The predicted octanol–water partition coefficient (Wildman–Crippen LogP) is 2.94. The van der Waals surface area contributed by atoms with Gasteiger partial charge in [0.05, 0.1) is 11.9 Å². The van der Waals surface area contributed by atoms with E-state index in [1.54, 1.807) is 25.3 Å². The van der Waals surface area contributed by atoms with E-state index in [4.69, 9.17) is 9.72 Å². The minimum atomic E-state index is -1.10. The number of anilines is 2. The molecule has 10 nitrogen and oxygen atoms in total. The van der Waals surface area contributed by atoms with Gasteiger partial charge in [-0.2, -0.15) is 5.10 Å². The van der Waals surface area contributed by atoms with E-state index in [1.165, 1.54) is 12.7 Å². The third kappa shape index (κ3) is 3.22. The minimum absolute atomic E-state index is 0.0981. The Kier molecular flexibility index (Phi) is 5.09. The van der Waals surface area contributed by atoms with Crippen molar-refractivity contribution < 1.29 is 9.53 Å². The van der Waals surface area contributed by atoms with Crippen molar-refractivity contribution in [2.24, 2.45) is 5.92 Å². The van der Waals surface area contributed by atoms with Crippen LogP contribution >= 0.6 is 0 Å². The quantitative estimate of drug-likeness (QED) is 0.643. The maximum Gasteiger partial charge on any atom is 0.281 e. The van der Waals surface area contributed by atoms with E-state index in [-0.39, 0.29) is 11.8 Å².